The average molecular weight is 380 g/mol. The number of anilines is 2. The number of aromatic nitrogens is 2. The van der Waals surface area contributed by atoms with Crippen molar-refractivity contribution < 1.29 is 8.42 Å². The molecular weight excluding hydrogens is 360 g/mol. The highest BCUT2D eigenvalue weighted by Crippen LogP contribution is 2.28. The van der Waals surface area contributed by atoms with Crippen LogP contribution >= 0.6 is 0 Å². The summed E-state index contributed by atoms with van der Waals surface area (Å²) in [5.74, 6) is 0.858. The summed E-state index contributed by atoms with van der Waals surface area (Å²) in [6.07, 6.45) is 3.69. The van der Waals surface area contributed by atoms with Crippen LogP contribution in [0.15, 0.2) is 60.0 Å². The lowest BCUT2D eigenvalue weighted by atomic mass is 10.2. The fraction of sp³-hybridized carbons (Fsp3) is 0.200. The molecule has 0 aliphatic carbocycles. The van der Waals surface area contributed by atoms with Crippen molar-refractivity contribution >= 4 is 38.8 Å². The lowest BCUT2D eigenvalue weighted by Crippen LogP contribution is -2.22. The Bertz CT molecular complexity index is 1080. The normalized spacial score (nSPS) is 14.9. The van der Waals surface area contributed by atoms with Gasteiger partial charge in [-0.3, -0.25) is 4.72 Å². The van der Waals surface area contributed by atoms with Crippen LogP contribution in [0.3, 0.4) is 0 Å². The summed E-state index contributed by atoms with van der Waals surface area (Å²) in [7, 11) is -3.71. The molecule has 0 radical (unpaired) electrons. The Balaban J connectivity index is 1.69. The van der Waals surface area contributed by atoms with Gasteiger partial charge >= 0.3 is 0 Å². The molecule has 6 nitrogen and oxygen atoms in total. The van der Waals surface area contributed by atoms with E-state index in [0.29, 0.717) is 11.3 Å². The minimum atomic E-state index is -3.71. The molecule has 1 N–H and O–H groups in total. The second kappa shape index (κ2) is 7.36. The molecule has 1 aliphatic heterocycles. The number of nitrogens with zero attached hydrogens (tertiary/aromatic N) is 3. The van der Waals surface area contributed by atoms with E-state index in [9.17, 15) is 8.42 Å². The topological polar surface area (TPSA) is 75.2 Å². The number of hydrogen-bond donors (Lipinski definition) is 1. The molecule has 0 unspecified atom stereocenters. The van der Waals surface area contributed by atoms with E-state index in [-0.39, 0.29) is 5.82 Å². The van der Waals surface area contributed by atoms with Crippen molar-refractivity contribution in [2.45, 2.75) is 12.8 Å². The minimum absolute atomic E-state index is 0.272. The molecule has 0 spiro atoms. The minimum Gasteiger partial charge on any atom is -0.354 e. The average Bonchev–Trinajstić information content (AvgIpc) is 3.21. The van der Waals surface area contributed by atoms with E-state index in [1.807, 2.05) is 54.6 Å². The van der Waals surface area contributed by atoms with Gasteiger partial charge in [0.1, 0.15) is 0 Å². The predicted molar refractivity (Wildman–Crippen MR) is 109 cm³/mol. The van der Waals surface area contributed by atoms with Crippen molar-refractivity contribution in [1.29, 1.82) is 0 Å². The van der Waals surface area contributed by atoms with E-state index in [2.05, 4.69) is 19.6 Å². The van der Waals surface area contributed by atoms with Crippen LogP contribution in [-0.2, 0) is 10.0 Å². The molecule has 0 amide bonds. The van der Waals surface area contributed by atoms with E-state index in [0.717, 1.165) is 42.4 Å². The maximum absolute atomic E-state index is 12.6. The molecule has 1 aromatic heterocycles. The molecule has 27 heavy (non-hydrogen) atoms. The van der Waals surface area contributed by atoms with Gasteiger partial charge in [-0.15, -0.1) is 0 Å². The van der Waals surface area contributed by atoms with Gasteiger partial charge in [0.25, 0.3) is 10.0 Å². The summed E-state index contributed by atoms with van der Waals surface area (Å²) >= 11 is 0. The van der Waals surface area contributed by atoms with Crippen molar-refractivity contribution in [3.05, 3.63) is 65.6 Å². The molecule has 1 fully saturated rings. The van der Waals surface area contributed by atoms with Crippen LogP contribution in [0.2, 0.25) is 0 Å². The Morgan fingerprint density at radius 3 is 2.22 bits per heavy atom. The third-order valence-corrected chi connectivity index (χ3v) is 5.41. The molecule has 138 valence electrons. The Kier molecular flexibility index (Phi) is 4.77. The molecule has 0 atom stereocenters. The number of sulfonamides is 1. The van der Waals surface area contributed by atoms with Crippen molar-refractivity contribution in [2.75, 3.05) is 22.7 Å². The van der Waals surface area contributed by atoms with E-state index in [1.165, 1.54) is 0 Å². The van der Waals surface area contributed by atoms with Gasteiger partial charge in [0.2, 0.25) is 0 Å². The number of para-hydroxylation sites is 2. The van der Waals surface area contributed by atoms with Gasteiger partial charge < -0.3 is 4.90 Å². The molecule has 3 aromatic rings. The highest BCUT2D eigenvalue weighted by molar-refractivity contribution is 7.95. The quantitative estimate of drug-likeness (QED) is 0.731. The van der Waals surface area contributed by atoms with Gasteiger partial charge in [-0.1, -0.05) is 42.5 Å². The van der Waals surface area contributed by atoms with E-state index < -0.39 is 10.0 Å². The monoisotopic (exact) mass is 380 g/mol. The maximum Gasteiger partial charge on any atom is 0.256 e. The lowest BCUT2D eigenvalue weighted by Gasteiger charge is -2.20. The SMILES string of the molecule is O=S(=O)(/C=C/c1ccccc1)Nc1nc2ccccc2nc1N1CCCC1. The van der Waals surface area contributed by atoms with Crippen LogP contribution in [0, 0.1) is 0 Å². The highest BCUT2D eigenvalue weighted by Gasteiger charge is 2.21. The first-order valence-corrected chi connectivity index (χ1v) is 10.4. The fourth-order valence-corrected chi connectivity index (χ4v) is 3.92. The molecule has 2 aromatic carbocycles. The summed E-state index contributed by atoms with van der Waals surface area (Å²) < 4.78 is 27.8. The smallest absolute Gasteiger partial charge is 0.256 e. The Hall–Kier alpha value is -2.93. The molecule has 1 aliphatic rings. The summed E-state index contributed by atoms with van der Waals surface area (Å²) in [6, 6.07) is 16.8. The molecular formula is C20H20N4O2S. The van der Waals surface area contributed by atoms with Crippen molar-refractivity contribution in [3.63, 3.8) is 0 Å². The molecule has 1 saturated heterocycles. The zero-order chi connectivity index (χ0) is 18.7. The molecule has 2 heterocycles. The molecule has 7 heteroatoms. The summed E-state index contributed by atoms with van der Waals surface area (Å²) in [4.78, 5) is 11.3. The molecule has 0 bridgehead atoms. The van der Waals surface area contributed by atoms with Crippen LogP contribution in [0.25, 0.3) is 17.1 Å². The van der Waals surface area contributed by atoms with Crippen LogP contribution in [0.1, 0.15) is 18.4 Å². The first-order valence-electron chi connectivity index (χ1n) is 8.88. The zero-order valence-electron chi connectivity index (χ0n) is 14.7. The van der Waals surface area contributed by atoms with E-state index in [1.54, 1.807) is 6.08 Å². The van der Waals surface area contributed by atoms with Crippen LogP contribution < -0.4 is 9.62 Å². The van der Waals surface area contributed by atoms with Gasteiger partial charge in [0.05, 0.1) is 16.4 Å². The van der Waals surface area contributed by atoms with E-state index >= 15 is 0 Å². The number of rotatable bonds is 5. The fourth-order valence-electron chi connectivity index (χ4n) is 3.11. The van der Waals surface area contributed by atoms with E-state index in [4.69, 9.17) is 0 Å². The first-order chi connectivity index (χ1) is 13.1. The van der Waals surface area contributed by atoms with Gasteiger partial charge in [0.15, 0.2) is 11.6 Å². The number of nitrogens with one attached hydrogen (secondary N) is 1. The van der Waals surface area contributed by atoms with Crippen LogP contribution in [-0.4, -0.2) is 31.5 Å². The number of hydrogen-bond acceptors (Lipinski definition) is 5. The second-order valence-corrected chi connectivity index (χ2v) is 8.01. The zero-order valence-corrected chi connectivity index (χ0v) is 15.6. The van der Waals surface area contributed by atoms with Crippen molar-refractivity contribution in [3.8, 4) is 0 Å². The standard InChI is InChI=1S/C20H20N4O2S/c25-27(26,15-12-16-8-2-1-3-9-16)23-19-20(24-13-6-7-14-24)22-18-11-5-4-10-17(18)21-19/h1-5,8-12,15H,6-7,13-14H2,(H,21,23)/b15-12+. The summed E-state index contributed by atoms with van der Waals surface area (Å²) in [6.45, 7) is 1.70. The van der Waals surface area contributed by atoms with Gasteiger partial charge in [-0.25, -0.2) is 18.4 Å². The van der Waals surface area contributed by atoms with Gasteiger partial charge in [-0.05, 0) is 36.6 Å². The third-order valence-electron chi connectivity index (χ3n) is 4.44. The second-order valence-electron chi connectivity index (χ2n) is 6.44. The summed E-state index contributed by atoms with van der Waals surface area (Å²) in [5.41, 5.74) is 2.22. The predicted octanol–water partition coefficient (Wildman–Crippen LogP) is 3.64. The molecule has 4 rings (SSSR count). The molecule has 0 saturated carbocycles. The third kappa shape index (κ3) is 4.09. The van der Waals surface area contributed by atoms with Crippen molar-refractivity contribution in [1.82, 2.24) is 9.97 Å². The van der Waals surface area contributed by atoms with Gasteiger partial charge in [-0.2, -0.15) is 0 Å². The number of fused-ring (bicyclic) bond motifs is 1. The van der Waals surface area contributed by atoms with Crippen LogP contribution in [0.4, 0.5) is 11.6 Å². The van der Waals surface area contributed by atoms with Gasteiger partial charge in [0, 0.05) is 13.1 Å². The van der Waals surface area contributed by atoms with Crippen molar-refractivity contribution in [2.24, 2.45) is 0 Å². The lowest BCUT2D eigenvalue weighted by molar-refractivity contribution is 0.609. The Labute approximate surface area is 158 Å². The van der Waals surface area contributed by atoms with Crippen LogP contribution in [0.5, 0.6) is 0 Å². The largest absolute Gasteiger partial charge is 0.354 e. The Morgan fingerprint density at radius 1 is 0.889 bits per heavy atom. The maximum atomic E-state index is 12.6. The first kappa shape index (κ1) is 17.5. The highest BCUT2D eigenvalue weighted by atomic mass is 32.2. The number of benzene rings is 2. The summed E-state index contributed by atoms with van der Waals surface area (Å²) in [5, 5.41) is 1.16. The Morgan fingerprint density at radius 2 is 1.52 bits per heavy atom.